The van der Waals surface area contributed by atoms with Crippen LogP contribution in [-0.4, -0.2) is 16.1 Å². The van der Waals surface area contributed by atoms with Crippen LogP contribution in [0, 0.1) is 0 Å². The zero-order valence-corrected chi connectivity index (χ0v) is 11.4. The number of nitrogens with one attached hydrogen (secondary N) is 1. The first-order valence-corrected chi connectivity index (χ1v) is 6.96. The first-order valence-electron chi connectivity index (χ1n) is 6.14. The second-order valence-corrected chi connectivity index (χ2v) is 5.43. The van der Waals surface area contributed by atoms with Gasteiger partial charge >= 0.3 is 5.97 Å². The molecular weight excluding hydrogens is 272 g/mol. The van der Waals surface area contributed by atoms with Crippen molar-refractivity contribution in [3.63, 3.8) is 0 Å². The summed E-state index contributed by atoms with van der Waals surface area (Å²) < 4.78 is 1.16. The highest BCUT2D eigenvalue weighted by molar-refractivity contribution is 7.18. The van der Waals surface area contributed by atoms with Crippen LogP contribution in [0.5, 0.6) is 0 Å². The molecule has 0 aliphatic carbocycles. The molecular formula is C15H12N2O2S. The number of hydrogen-bond acceptors (Lipinski definition) is 4. The number of carbonyl (C=O) groups is 1. The van der Waals surface area contributed by atoms with Crippen LogP contribution in [0.2, 0.25) is 0 Å². The Labute approximate surface area is 119 Å². The zero-order valence-electron chi connectivity index (χ0n) is 10.5. The number of carboxylic acid groups (broad SMARTS) is 1. The van der Waals surface area contributed by atoms with Gasteiger partial charge in [-0.2, -0.15) is 0 Å². The van der Waals surface area contributed by atoms with E-state index in [1.807, 2.05) is 30.3 Å². The van der Waals surface area contributed by atoms with Crippen molar-refractivity contribution in [3.8, 4) is 0 Å². The Morgan fingerprint density at radius 1 is 1.20 bits per heavy atom. The molecule has 0 unspecified atom stereocenters. The fourth-order valence-corrected chi connectivity index (χ4v) is 2.84. The number of aromatic nitrogens is 1. The average Bonchev–Trinajstić information content (AvgIpc) is 2.88. The maximum atomic E-state index is 10.9. The highest BCUT2D eigenvalue weighted by atomic mass is 32.1. The molecule has 20 heavy (non-hydrogen) atoms. The van der Waals surface area contributed by atoms with E-state index in [0.717, 1.165) is 20.9 Å². The van der Waals surface area contributed by atoms with E-state index in [1.165, 1.54) is 0 Å². The van der Waals surface area contributed by atoms with Crippen LogP contribution >= 0.6 is 11.3 Å². The third kappa shape index (κ3) is 2.62. The molecule has 0 spiro atoms. The summed E-state index contributed by atoms with van der Waals surface area (Å²) in [5.41, 5.74) is 2.05. The van der Waals surface area contributed by atoms with E-state index in [0.29, 0.717) is 6.54 Å². The second kappa shape index (κ2) is 5.30. The van der Waals surface area contributed by atoms with Gasteiger partial charge in [0.05, 0.1) is 22.3 Å². The summed E-state index contributed by atoms with van der Waals surface area (Å²) in [5, 5.41) is 13.1. The van der Waals surface area contributed by atoms with Gasteiger partial charge in [0.2, 0.25) is 0 Å². The molecule has 100 valence electrons. The number of benzene rings is 2. The fourth-order valence-electron chi connectivity index (χ4n) is 1.94. The molecule has 2 N–H and O–H groups in total. The number of thiazole rings is 1. The fraction of sp³-hybridized carbons (Fsp3) is 0.0667. The topological polar surface area (TPSA) is 62.2 Å². The predicted octanol–water partition coefficient (Wildman–Crippen LogP) is 3.61. The number of hydrogen-bond donors (Lipinski definition) is 2. The Bertz CT molecular complexity index is 734. The molecule has 0 atom stereocenters. The Morgan fingerprint density at radius 2 is 2.05 bits per heavy atom. The standard InChI is InChI=1S/C15H12N2O2S/c18-15(19)10-4-3-5-11(8-10)16-9-14-17-12-6-1-2-7-13(12)20-14/h1-8,16H,9H2,(H,18,19). The number of carboxylic acids is 1. The van der Waals surface area contributed by atoms with E-state index in [9.17, 15) is 4.79 Å². The number of rotatable bonds is 4. The molecule has 0 saturated carbocycles. The molecule has 0 aliphatic heterocycles. The third-order valence-corrected chi connectivity index (χ3v) is 3.93. The van der Waals surface area contributed by atoms with Crippen LogP contribution in [-0.2, 0) is 6.54 Å². The molecule has 4 nitrogen and oxygen atoms in total. The van der Waals surface area contributed by atoms with Crippen molar-refractivity contribution in [1.29, 1.82) is 0 Å². The number of fused-ring (bicyclic) bond motifs is 1. The Kier molecular flexibility index (Phi) is 3.35. The average molecular weight is 284 g/mol. The van der Waals surface area contributed by atoms with Gasteiger partial charge in [0.1, 0.15) is 5.01 Å². The highest BCUT2D eigenvalue weighted by Crippen LogP contribution is 2.22. The molecule has 0 radical (unpaired) electrons. The normalized spacial score (nSPS) is 10.6. The van der Waals surface area contributed by atoms with Crippen LogP contribution in [0.25, 0.3) is 10.2 Å². The van der Waals surface area contributed by atoms with E-state index in [1.54, 1.807) is 29.5 Å². The molecule has 2 aromatic carbocycles. The Hall–Kier alpha value is -2.40. The molecule has 5 heteroatoms. The Balaban J connectivity index is 1.75. The van der Waals surface area contributed by atoms with E-state index < -0.39 is 5.97 Å². The SMILES string of the molecule is O=C(O)c1cccc(NCc2nc3ccccc3s2)c1. The van der Waals surface area contributed by atoms with Crippen molar-refractivity contribution < 1.29 is 9.90 Å². The lowest BCUT2D eigenvalue weighted by atomic mass is 10.2. The van der Waals surface area contributed by atoms with Crippen LogP contribution < -0.4 is 5.32 Å². The van der Waals surface area contributed by atoms with Crippen LogP contribution in [0.15, 0.2) is 48.5 Å². The van der Waals surface area contributed by atoms with Gasteiger partial charge in [0, 0.05) is 5.69 Å². The molecule has 3 rings (SSSR count). The molecule has 0 saturated heterocycles. The zero-order chi connectivity index (χ0) is 13.9. The van der Waals surface area contributed by atoms with Gasteiger partial charge in [-0.1, -0.05) is 18.2 Å². The summed E-state index contributed by atoms with van der Waals surface area (Å²) in [6.45, 7) is 0.586. The smallest absolute Gasteiger partial charge is 0.335 e. The minimum absolute atomic E-state index is 0.277. The minimum atomic E-state index is -0.923. The summed E-state index contributed by atoms with van der Waals surface area (Å²) >= 11 is 1.64. The van der Waals surface area contributed by atoms with Crippen molar-refractivity contribution in [2.24, 2.45) is 0 Å². The number of anilines is 1. The van der Waals surface area contributed by atoms with Gasteiger partial charge in [-0.25, -0.2) is 9.78 Å². The van der Waals surface area contributed by atoms with Gasteiger partial charge in [-0.15, -0.1) is 11.3 Å². The quantitative estimate of drug-likeness (QED) is 0.768. The first-order chi connectivity index (χ1) is 9.72. The van der Waals surface area contributed by atoms with Gasteiger partial charge in [-0.3, -0.25) is 0 Å². The van der Waals surface area contributed by atoms with Gasteiger partial charge in [0.15, 0.2) is 0 Å². The summed E-state index contributed by atoms with van der Waals surface area (Å²) in [5.74, 6) is -0.923. The van der Waals surface area contributed by atoms with Crippen molar-refractivity contribution in [2.75, 3.05) is 5.32 Å². The third-order valence-electron chi connectivity index (χ3n) is 2.89. The number of nitrogens with zero attached hydrogens (tertiary/aromatic N) is 1. The molecule has 0 bridgehead atoms. The first kappa shape index (κ1) is 12.6. The highest BCUT2D eigenvalue weighted by Gasteiger charge is 2.05. The maximum Gasteiger partial charge on any atom is 0.335 e. The Morgan fingerprint density at radius 3 is 2.85 bits per heavy atom. The van der Waals surface area contributed by atoms with E-state index >= 15 is 0 Å². The minimum Gasteiger partial charge on any atom is -0.478 e. The largest absolute Gasteiger partial charge is 0.478 e. The lowest BCUT2D eigenvalue weighted by Gasteiger charge is -2.04. The summed E-state index contributed by atoms with van der Waals surface area (Å²) in [6.07, 6.45) is 0. The summed E-state index contributed by atoms with van der Waals surface area (Å²) in [6, 6.07) is 14.8. The van der Waals surface area contributed by atoms with E-state index in [4.69, 9.17) is 5.11 Å². The van der Waals surface area contributed by atoms with Crippen molar-refractivity contribution in [2.45, 2.75) is 6.54 Å². The molecule has 0 aliphatic rings. The molecule has 1 heterocycles. The van der Waals surface area contributed by atoms with Gasteiger partial charge < -0.3 is 10.4 Å². The molecule has 1 aromatic heterocycles. The molecule has 3 aromatic rings. The van der Waals surface area contributed by atoms with Crippen LogP contribution in [0.4, 0.5) is 5.69 Å². The number of para-hydroxylation sites is 1. The van der Waals surface area contributed by atoms with Gasteiger partial charge in [-0.05, 0) is 30.3 Å². The molecule has 0 amide bonds. The van der Waals surface area contributed by atoms with E-state index in [2.05, 4.69) is 10.3 Å². The van der Waals surface area contributed by atoms with Crippen molar-refractivity contribution in [1.82, 2.24) is 4.98 Å². The maximum absolute atomic E-state index is 10.9. The molecule has 0 fully saturated rings. The predicted molar refractivity (Wildman–Crippen MR) is 80.3 cm³/mol. The summed E-state index contributed by atoms with van der Waals surface area (Å²) in [7, 11) is 0. The van der Waals surface area contributed by atoms with Crippen molar-refractivity contribution in [3.05, 3.63) is 59.1 Å². The van der Waals surface area contributed by atoms with Gasteiger partial charge in [0.25, 0.3) is 0 Å². The summed E-state index contributed by atoms with van der Waals surface area (Å²) in [4.78, 5) is 15.4. The van der Waals surface area contributed by atoms with Crippen LogP contribution in [0.3, 0.4) is 0 Å². The number of aromatic carboxylic acids is 1. The van der Waals surface area contributed by atoms with Crippen LogP contribution in [0.1, 0.15) is 15.4 Å². The van der Waals surface area contributed by atoms with E-state index in [-0.39, 0.29) is 5.56 Å². The lowest BCUT2D eigenvalue weighted by Crippen LogP contribution is -2.01. The second-order valence-electron chi connectivity index (χ2n) is 4.31. The lowest BCUT2D eigenvalue weighted by molar-refractivity contribution is 0.0697. The van der Waals surface area contributed by atoms with Crippen molar-refractivity contribution >= 4 is 33.2 Å². The monoisotopic (exact) mass is 284 g/mol.